The van der Waals surface area contributed by atoms with Gasteiger partial charge in [-0.25, -0.2) is 4.79 Å². The Labute approximate surface area is 135 Å². The maximum absolute atomic E-state index is 12.5. The Morgan fingerprint density at radius 2 is 1.83 bits per heavy atom. The fourth-order valence-electron chi connectivity index (χ4n) is 2.79. The summed E-state index contributed by atoms with van der Waals surface area (Å²) in [7, 11) is 1.98. The fourth-order valence-corrected chi connectivity index (χ4v) is 2.79. The van der Waals surface area contributed by atoms with E-state index in [4.69, 9.17) is 4.74 Å². The predicted octanol–water partition coefficient (Wildman–Crippen LogP) is 3.89. The maximum Gasteiger partial charge on any atom is 0.333 e. The van der Waals surface area contributed by atoms with Crippen LogP contribution in [0.2, 0.25) is 0 Å². The van der Waals surface area contributed by atoms with Gasteiger partial charge in [0.25, 0.3) is 0 Å². The van der Waals surface area contributed by atoms with Gasteiger partial charge >= 0.3 is 5.97 Å². The van der Waals surface area contributed by atoms with Crippen LogP contribution in [0.3, 0.4) is 0 Å². The standard InChI is InChI=1S/C19H20N2O2/c1-3-23-19(22)18(20-14-9-5-4-6-10-14)16-13-21(2)17-12-8-7-11-15(16)17/h4-13,18,20H,3H2,1-2H3/t18-/m0/s1. The van der Waals surface area contributed by atoms with E-state index in [0.717, 1.165) is 22.2 Å². The van der Waals surface area contributed by atoms with E-state index in [1.807, 2.05) is 79.3 Å². The van der Waals surface area contributed by atoms with Gasteiger partial charge in [0, 0.05) is 35.4 Å². The van der Waals surface area contributed by atoms with Crippen molar-refractivity contribution in [3.8, 4) is 0 Å². The van der Waals surface area contributed by atoms with Gasteiger partial charge in [0.15, 0.2) is 6.04 Å². The number of aromatic nitrogens is 1. The average molecular weight is 308 g/mol. The highest BCUT2D eigenvalue weighted by Crippen LogP contribution is 2.29. The van der Waals surface area contributed by atoms with Crippen molar-refractivity contribution in [2.24, 2.45) is 7.05 Å². The lowest BCUT2D eigenvalue weighted by atomic mass is 10.1. The second kappa shape index (κ2) is 6.57. The monoisotopic (exact) mass is 308 g/mol. The molecule has 0 saturated carbocycles. The summed E-state index contributed by atoms with van der Waals surface area (Å²) in [5.41, 5.74) is 2.90. The van der Waals surface area contributed by atoms with E-state index in [9.17, 15) is 4.79 Å². The first-order valence-corrected chi connectivity index (χ1v) is 7.73. The lowest BCUT2D eigenvalue weighted by Gasteiger charge is -2.18. The molecule has 1 aromatic heterocycles. The maximum atomic E-state index is 12.5. The van der Waals surface area contributed by atoms with Crippen molar-refractivity contribution in [2.45, 2.75) is 13.0 Å². The van der Waals surface area contributed by atoms with Crippen molar-refractivity contribution in [3.05, 3.63) is 66.4 Å². The molecule has 23 heavy (non-hydrogen) atoms. The number of aryl methyl sites for hydroxylation is 1. The molecule has 0 bridgehead atoms. The molecule has 1 N–H and O–H groups in total. The molecular weight excluding hydrogens is 288 g/mol. The number of para-hydroxylation sites is 2. The van der Waals surface area contributed by atoms with Crippen LogP contribution >= 0.6 is 0 Å². The van der Waals surface area contributed by atoms with Crippen LogP contribution in [0.1, 0.15) is 18.5 Å². The predicted molar refractivity (Wildman–Crippen MR) is 92.4 cm³/mol. The van der Waals surface area contributed by atoms with Gasteiger partial charge in [-0.15, -0.1) is 0 Å². The molecule has 3 aromatic rings. The van der Waals surface area contributed by atoms with E-state index >= 15 is 0 Å². The first kappa shape index (κ1) is 15.2. The molecule has 4 heteroatoms. The minimum absolute atomic E-state index is 0.271. The highest BCUT2D eigenvalue weighted by atomic mass is 16.5. The van der Waals surface area contributed by atoms with Gasteiger partial charge in [-0.05, 0) is 25.1 Å². The Morgan fingerprint density at radius 3 is 2.57 bits per heavy atom. The van der Waals surface area contributed by atoms with Crippen LogP contribution in [0.15, 0.2) is 60.8 Å². The van der Waals surface area contributed by atoms with Crippen LogP contribution in [0.5, 0.6) is 0 Å². The summed E-state index contributed by atoms with van der Waals surface area (Å²) in [6, 6.07) is 17.2. The number of ether oxygens (including phenoxy) is 1. The SMILES string of the molecule is CCOC(=O)[C@@H](Nc1ccccc1)c1cn(C)c2ccccc12. The molecule has 0 amide bonds. The zero-order valence-corrected chi connectivity index (χ0v) is 13.3. The summed E-state index contributed by atoms with van der Waals surface area (Å²) in [6.45, 7) is 2.18. The normalized spacial score (nSPS) is 12.1. The van der Waals surface area contributed by atoms with Crippen molar-refractivity contribution in [2.75, 3.05) is 11.9 Å². The molecule has 0 unspecified atom stereocenters. The van der Waals surface area contributed by atoms with Crippen LogP contribution in [-0.4, -0.2) is 17.1 Å². The number of hydrogen-bond donors (Lipinski definition) is 1. The van der Waals surface area contributed by atoms with Crippen LogP contribution in [-0.2, 0) is 16.6 Å². The summed E-state index contributed by atoms with van der Waals surface area (Å²) < 4.78 is 7.31. The highest BCUT2D eigenvalue weighted by Gasteiger charge is 2.25. The molecule has 0 aliphatic heterocycles. The lowest BCUT2D eigenvalue weighted by molar-refractivity contribution is -0.144. The van der Waals surface area contributed by atoms with Crippen molar-refractivity contribution in [1.82, 2.24) is 4.57 Å². The third-order valence-corrected chi connectivity index (χ3v) is 3.85. The molecule has 1 heterocycles. The largest absolute Gasteiger partial charge is 0.464 e. The molecule has 3 rings (SSSR count). The Bertz CT molecular complexity index is 809. The van der Waals surface area contributed by atoms with E-state index in [2.05, 4.69) is 5.32 Å². The van der Waals surface area contributed by atoms with Gasteiger partial charge < -0.3 is 14.6 Å². The summed E-state index contributed by atoms with van der Waals surface area (Å²) >= 11 is 0. The van der Waals surface area contributed by atoms with Crippen LogP contribution in [0, 0.1) is 0 Å². The number of anilines is 1. The van der Waals surface area contributed by atoms with Crippen molar-refractivity contribution < 1.29 is 9.53 Å². The van der Waals surface area contributed by atoms with Gasteiger partial charge in [-0.1, -0.05) is 36.4 Å². The first-order valence-electron chi connectivity index (χ1n) is 7.73. The molecule has 0 saturated heterocycles. The quantitative estimate of drug-likeness (QED) is 0.727. The van der Waals surface area contributed by atoms with E-state index in [1.54, 1.807) is 0 Å². The molecule has 4 nitrogen and oxygen atoms in total. The van der Waals surface area contributed by atoms with Crippen LogP contribution in [0.4, 0.5) is 5.69 Å². The van der Waals surface area contributed by atoms with E-state index in [1.165, 1.54) is 0 Å². The topological polar surface area (TPSA) is 43.3 Å². The van der Waals surface area contributed by atoms with Gasteiger partial charge in [-0.2, -0.15) is 0 Å². The number of esters is 1. The molecule has 0 radical (unpaired) electrons. The van der Waals surface area contributed by atoms with Gasteiger partial charge in [0.05, 0.1) is 6.61 Å². The van der Waals surface area contributed by atoms with E-state index in [0.29, 0.717) is 6.61 Å². The number of fused-ring (bicyclic) bond motifs is 1. The minimum atomic E-state index is -0.538. The molecule has 0 fully saturated rings. The molecule has 1 atom stereocenters. The summed E-state index contributed by atoms with van der Waals surface area (Å²) in [6.07, 6.45) is 1.99. The summed E-state index contributed by atoms with van der Waals surface area (Å²) in [4.78, 5) is 12.5. The zero-order chi connectivity index (χ0) is 16.2. The number of nitrogens with zero attached hydrogens (tertiary/aromatic N) is 1. The smallest absolute Gasteiger partial charge is 0.333 e. The molecule has 118 valence electrons. The Balaban J connectivity index is 2.05. The molecule has 0 aliphatic carbocycles. The number of benzene rings is 2. The summed E-state index contributed by atoms with van der Waals surface area (Å²) in [5, 5.41) is 4.35. The van der Waals surface area contributed by atoms with Crippen LogP contribution in [0.25, 0.3) is 10.9 Å². The number of hydrogen-bond acceptors (Lipinski definition) is 3. The Kier molecular flexibility index (Phi) is 4.33. The lowest BCUT2D eigenvalue weighted by Crippen LogP contribution is -2.23. The third-order valence-electron chi connectivity index (χ3n) is 3.85. The second-order valence-corrected chi connectivity index (χ2v) is 5.41. The summed E-state index contributed by atoms with van der Waals surface area (Å²) in [5.74, 6) is -0.271. The van der Waals surface area contributed by atoms with Gasteiger partial charge in [0.2, 0.25) is 0 Å². The fraction of sp³-hybridized carbons (Fsp3) is 0.211. The Hall–Kier alpha value is -2.75. The van der Waals surface area contributed by atoms with E-state index < -0.39 is 6.04 Å². The minimum Gasteiger partial charge on any atom is -0.464 e. The van der Waals surface area contributed by atoms with Crippen molar-refractivity contribution in [1.29, 1.82) is 0 Å². The highest BCUT2D eigenvalue weighted by molar-refractivity contribution is 5.91. The molecule has 2 aromatic carbocycles. The van der Waals surface area contributed by atoms with Gasteiger partial charge in [-0.3, -0.25) is 0 Å². The average Bonchev–Trinajstić information content (AvgIpc) is 2.91. The van der Waals surface area contributed by atoms with Gasteiger partial charge in [0.1, 0.15) is 0 Å². The number of carbonyl (C=O) groups is 1. The third kappa shape index (κ3) is 3.06. The zero-order valence-electron chi connectivity index (χ0n) is 13.3. The molecule has 0 aliphatic rings. The second-order valence-electron chi connectivity index (χ2n) is 5.41. The van der Waals surface area contributed by atoms with Crippen molar-refractivity contribution >= 4 is 22.6 Å². The van der Waals surface area contributed by atoms with E-state index in [-0.39, 0.29) is 5.97 Å². The van der Waals surface area contributed by atoms with Crippen molar-refractivity contribution in [3.63, 3.8) is 0 Å². The van der Waals surface area contributed by atoms with Crippen LogP contribution < -0.4 is 5.32 Å². The first-order chi connectivity index (χ1) is 11.2. The Morgan fingerprint density at radius 1 is 1.13 bits per heavy atom. The number of carbonyl (C=O) groups excluding carboxylic acids is 1. The number of nitrogens with one attached hydrogen (secondary N) is 1. The molecule has 0 spiro atoms. The number of rotatable bonds is 5. The molecular formula is C19H20N2O2.